The maximum atomic E-state index is 11.9. The number of hydrazone groups is 1. The molecular weight excluding hydrogens is 378 g/mol. The smallest absolute Gasteiger partial charge is 0.323 e. The average molecular weight is 401 g/mol. The van der Waals surface area contributed by atoms with E-state index in [-0.39, 0.29) is 23.7 Å². The van der Waals surface area contributed by atoms with E-state index in [2.05, 4.69) is 24.4 Å². The molecule has 0 saturated carbocycles. The van der Waals surface area contributed by atoms with Crippen molar-refractivity contribution < 1.29 is 24.3 Å². The van der Waals surface area contributed by atoms with Crippen LogP contribution in [0.4, 0.5) is 5.69 Å². The number of carbonyl (C=O) groups is 1. The van der Waals surface area contributed by atoms with E-state index in [9.17, 15) is 20.0 Å². The second-order valence-corrected chi connectivity index (χ2v) is 6.27. The molecule has 0 aliphatic carbocycles. The Morgan fingerprint density at radius 3 is 2.59 bits per heavy atom. The molecule has 1 amide bonds. The first-order valence-electron chi connectivity index (χ1n) is 8.96. The van der Waals surface area contributed by atoms with Gasteiger partial charge in [-0.25, -0.2) is 5.43 Å². The van der Waals surface area contributed by atoms with Gasteiger partial charge in [0.25, 0.3) is 5.91 Å². The Morgan fingerprint density at radius 2 is 2.00 bits per heavy atom. The molecule has 0 saturated heterocycles. The minimum atomic E-state index is -0.700. The number of hydrogen-bond donors (Lipinski definition) is 2. The summed E-state index contributed by atoms with van der Waals surface area (Å²) in [6.45, 7) is 3.99. The molecule has 9 heteroatoms. The first-order chi connectivity index (χ1) is 13.9. The molecule has 2 rings (SSSR count). The number of ether oxygens (including phenoxy) is 2. The predicted octanol–water partition coefficient (Wildman–Crippen LogP) is 3.35. The van der Waals surface area contributed by atoms with E-state index in [1.807, 2.05) is 12.1 Å². The van der Waals surface area contributed by atoms with Crippen molar-refractivity contribution in [2.24, 2.45) is 5.10 Å². The van der Waals surface area contributed by atoms with E-state index >= 15 is 0 Å². The van der Waals surface area contributed by atoms with Crippen molar-refractivity contribution >= 4 is 17.8 Å². The molecule has 29 heavy (non-hydrogen) atoms. The van der Waals surface area contributed by atoms with Crippen LogP contribution in [0.5, 0.6) is 17.2 Å². The van der Waals surface area contributed by atoms with Gasteiger partial charge in [-0.3, -0.25) is 14.9 Å². The quantitative estimate of drug-likeness (QED) is 0.377. The Balaban J connectivity index is 1.96. The summed E-state index contributed by atoms with van der Waals surface area (Å²) < 4.78 is 10.3. The highest BCUT2D eigenvalue weighted by molar-refractivity contribution is 5.89. The zero-order valence-corrected chi connectivity index (χ0v) is 16.4. The number of nitro benzene ring substituents is 1. The summed E-state index contributed by atoms with van der Waals surface area (Å²) in [5.74, 6) is -0.178. The summed E-state index contributed by atoms with van der Waals surface area (Å²) in [7, 11) is 1.21. The minimum absolute atomic E-state index is 0.0616. The van der Waals surface area contributed by atoms with Crippen molar-refractivity contribution in [1.29, 1.82) is 0 Å². The van der Waals surface area contributed by atoms with E-state index in [1.54, 1.807) is 12.1 Å². The lowest BCUT2D eigenvalue weighted by atomic mass is 9.99. The lowest BCUT2D eigenvalue weighted by Crippen LogP contribution is -2.24. The summed E-state index contributed by atoms with van der Waals surface area (Å²) in [6, 6.07) is 10.0. The summed E-state index contributed by atoms with van der Waals surface area (Å²) >= 11 is 0. The molecule has 2 N–H and O–H groups in total. The molecule has 154 valence electrons. The molecular formula is C20H23N3O6. The molecule has 0 unspecified atom stereocenters. The topological polar surface area (TPSA) is 123 Å². The van der Waals surface area contributed by atoms with Gasteiger partial charge in [0.1, 0.15) is 5.75 Å². The number of benzene rings is 2. The summed E-state index contributed by atoms with van der Waals surface area (Å²) in [6.07, 6.45) is 2.13. The molecule has 0 aliphatic heterocycles. The van der Waals surface area contributed by atoms with Gasteiger partial charge >= 0.3 is 5.69 Å². The Kier molecular flexibility index (Phi) is 7.53. The highest BCUT2D eigenvalue weighted by Crippen LogP contribution is 2.37. The maximum Gasteiger partial charge on any atom is 0.323 e. The largest absolute Gasteiger partial charge is 0.504 e. The van der Waals surface area contributed by atoms with Gasteiger partial charge in [-0.05, 0) is 42.2 Å². The Bertz CT molecular complexity index is 896. The number of nitro groups is 1. The van der Waals surface area contributed by atoms with Crippen LogP contribution in [0.25, 0.3) is 0 Å². The fraction of sp³-hybridized carbons (Fsp3) is 0.300. The molecule has 2 aromatic rings. The van der Waals surface area contributed by atoms with Crippen LogP contribution in [0.3, 0.4) is 0 Å². The minimum Gasteiger partial charge on any atom is -0.504 e. The molecule has 0 radical (unpaired) electrons. The average Bonchev–Trinajstić information content (AvgIpc) is 2.72. The molecule has 0 bridgehead atoms. The van der Waals surface area contributed by atoms with Crippen LogP contribution in [0.1, 0.15) is 37.3 Å². The van der Waals surface area contributed by atoms with Crippen LogP contribution in [0, 0.1) is 10.1 Å². The van der Waals surface area contributed by atoms with E-state index < -0.39 is 16.5 Å². The van der Waals surface area contributed by atoms with E-state index in [0.29, 0.717) is 11.7 Å². The Hall–Kier alpha value is -3.62. The van der Waals surface area contributed by atoms with E-state index in [4.69, 9.17) is 9.47 Å². The maximum absolute atomic E-state index is 11.9. The van der Waals surface area contributed by atoms with Gasteiger partial charge in [-0.1, -0.05) is 26.0 Å². The van der Waals surface area contributed by atoms with Crippen LogP contribution < -0.4 is 14.9 Å². The second kappa shape index (κ2) is 10.1. The number of methoxy groups -OCH3 is 1. The summed E-state index contributed by atoms with van der Waals surface area (Å²) in [5, 5.41) is 24.6. The molecule has 0 aromatic heterocycles. The normalized spacial score (nSPS) is 11.8. The third-order valence-electron chi connectivity index (χ3n) is 4.35. The van der Waals surface area contributed by atoms with Gasteiger partial charge in [0.2, 0.25) is 5.75 Å². The summed E-state index contributed by atoms with van der Waals surface area (Å²) in [4.78, 5) is 22.4. The third kappa shape index (κ3) is 5.68. The predicted molar refractivity (Wildman–Crippen MR) is 108 cm³/mol. The second-order valence-electron chi connectivity index (χ2n) is 6.27. The molecule has 2 aromatic carbocycles. The van der Waals surface area contributed by atoms with Crippen LogP contribution in [0.15, 0.2) is 41.5 Å². The van der Waals surface area contributed by atoms with Gasteiger partial charge in [0.15, 0.2) is 12.4 Å². The molecule has 0 fully saturated rings. The van der Waals surface area contributed by atoms with Crippen LogP contribution in [0.2, 0.25) is 0 Å². The van der Waals surface area contributed by atoms with Crippen molar-refractivity contribution in [1.82, 2.24) is 5.43 Å². The first kappa shape index (κ1) is 21.7. The number of phenolic OH excluding ortho intramolecular Hbond substituents is 1. The molecule has 0 spiro atoms. The van der Waals surface area contributed by atoms with Crippen LogP contribution in [-0.2, 0) is 4.79 Å². The number of amides is 1. The van der Waals surface area contributed by atoms with E-state index in [1.165, 1.54) is 24.8 Å². The number of phenols is 1. The van der Waals surface area contributed by atoms with Crippen molar-refractivity contribution in [2.75, 3.05) is 13.7 Å². The monoisotopic (exact) mass is 401 g/mol. The number of aromatic hydroxyl groups is 1. The van der Waals surface area contributed by atoms with Crippen molar-refractivity contribution in [3.63, 3.8) is 0 Å². The first-order valence-corrected chi connectivity index (χ1v) is 8.96. The van der Waals surface area contributed by atoms with Crippen molar-refractivity contribution in [2.45, 2.75) is 26.2 Å². The van der Waals surface area contributed by atoms with Crippen LogP contribution >= 0.6 is 0 Å². The number of rotatable bonds is 9. The van der Waals surface area contributed by atoms with Gasteiger partial charge in [0.05, 0.1) is 23.8 Å². The zero-order chi connectivity index (χ0) is 21.4. The number of nitrogens with zero attached hydrogens (tertiary/aromatic N) is 2. The highest BCUT2D eigenvalue weighted by Gasteiger charge is 2.23. The van der Waals surface area contributed by atoms with Crippen LogP contribution in [-0.4, -0.2) is 35.9 Å². The standard InChI is InChI=1S/C20H23N3O6/c1-4-13(2)14-5-8-16(9-6-14)29-12-18(25)22-21-11-15-7-10-17(24)20(28-3)19(15)23(26)27/h5-11,13,24H,4,12H2,1-3H3,(H,22,25)/b21-11-/t13-/m1/s1. The lowest BCUT2D eigenvalue weighted by Gasteiger charge is -2.10. The molecule has 9 nitrogen and oxygen atoms in total. The third-order valence-corrected chi connectivity index (χ3v) is 4.35. The molecule has 1 atom stereocenters. The molecule has 0 heterocycles. The number of nitrogens with one attached hydrogen (secondary N) is 1. The van der Waals surface area contributed by atoms with Gasteiger partial charge in [-0.2, -0.15) is 5.10 Å². The number of carbonyl (C=O) groups excluding carboxylic acids is 1. The fourth-order valence-corrected chi connectivity index (χ4v) is 2.55. The highest BCUT2D eigenvalue weighted by atomic mass is 16.6. The lowest BCUT2D eigenvalue weighted by molar-refractivity contribution is -0.386. The Morgan fingerprint density at radius 1 is 1.31 bits per heavy atom. The molecule has 0 aliphatic rings. The van der Waals surface area contributed by atoms with Gasteiger partial charge in [0, 0.05) is 0 Å². The Labute approximate surface area is 168 Å². The summed E-state index contributed by atoms with van der Waals surface area (Å²) in [5.41, 5.74) is 3.04. The van der Waals surface area contributed by atoms with E-state index in [0.717, 1.165) is 12.6 Å². The fourth-order valence-electron chi connectivity index (χ4n) is 2.55. The van der Waals surface area contributed by atoms with Crippen molar-refractivity contribution in [3.05, 3.63) is 57.6 Å². The number of hydrogen-bond acceptors (Lipinski definition) is 7. The van der Waals surface area contributed by atoms with Crippen molar-refractivity contribution in [3.8, 4) is 17.2 Å². The SMILES string of the molecule is CC[C@@H](C)c1ccc(OCC(=O)N/N=C\c2ccc(O)c(OC)c2[N+](=O)[O-])cc1. The van der Waals surface area contributed by atoms with Gasteiger partial charge in [-0.15, -0.1) is 0 Å². The zero-order valence-electron chi connectivity index (χ0n) is 16.4. The van der Waals surface area contributed by atoms with Gasteiger partial charge < -0.3 is 14.6 Å².